The predicted octanol–water partition coefficient (Wildman–Crippen LogP) is 5.37. The van der Waals surface area contributed by atoms with Crippen molar-refractivity contribution >= 4 is 45.7 Å². The van der Waals surface area contributed by atoms with Crippen LogP contribution in [-0.2, 0) is 11.3 Å². The van der Waals surface area contributed by atoms with Crippen LogP contribution < -0.4 is 14.2 Å². The average Bonchev–Trinajstić information content (AvgIpc) is 3.62. The number of imide groups is 1. The molecule has 8 nitrogen and oxygen atoms in total. The summed E-state index contributed by atoms with van der Waals surface area (Å²) in [6, 6.07) is 21.9. The number of carbonyl (C=O) groups excluding carboxylic acids is 3. The Morgan fingerprint density at radius 3 is 2.63 bits per heavy atom. The van der Waals surface area contributed by atoms with Gasteiger partial charge in [0.1, 0.15) is 12.4 Å². The number of thioether (sulfide) groups is 1. The molecule has 0 bridgehead atoms. The van der Waals surface area contributed by atoms with Gasteiger partial charge in [-0.1, -0.05) is 48.5 Å². The van der Waals surface area contributed by atoms with Crippen molar-refractivity contribution in [3.05, 3.63) is 95.0 Å². The number of ether oxygens (including phenoxy) is 3. The molecule has 2 aliphatic rings. The lowest BCUT2D eigenvalue weighted by atomic mass is 10.1. The Balaban J connectivity index is 1.19. The molecule has 38 heavy (non-hydrogen) atoms. The minimum absolute atomic E-state index is 0.208. The van der Waals surface area contributed by atoms with E-state index >= 15 is 0 Å². The van der Waals surface area contributed by atoms with E-state index in [9.17, 15) is 14.4 Å². The highest BCUT2D eigenvalue weighted by Crippen LogP contribution is 2.36. The molecule has 9 heteroatoms. The minimum atomic E-state index is -0.466. The Hall–Kier alpha value is -4.50. The third-order valence-corrected chi connectivity index (χ3v) is 7.23. The van der Waals surface area contributed by atoms with Crippen LogP contribution in [0.2, 0.25) is 0 Å². The summed E-state index contributed by atoms with van der Waals surface area (Å²) in [6.07, 6.45) is 3.66. The number of fused-ring (bicyclic) bond motifs is 2. The quantitative estimate of drug-likeness (QED) is 0.225. The summed E-state index contributed by atoms with van der Waals surface area (Å²) in [7, 11) is 0. The van der Waals surface area contributed by atoms with Gasteiger partial charge in [0.2, 0.25) is 6.79 Å². The summed E-state index contributed by atoms with van der Waals surface area (Å²) >= 11 is 0.847. The molecule has 0 saturated carbocycles. The highest BCUT2D eigenvalue weighted by Gasteiger charge is 2.36. The summed E-state index contributed by atoms with van der Waals surface area (Å²) in [4.78, 5) is 39.5. The van der Waals surface area contributed by atoms with Crippen LogP contribution in [-0.4, -0.2) is 46.3 Å². The van der Waals surface area contributed by atoms with E-state index in [2.05, 4.69) is 4.57 Å². The van der Waals surface area contributed by atoms with Crippen molar-refractivity contribution in [2.24, 2.45) is 0 Å². The highest BCUT2D eigenvalue weighted by atomic mass is 32.2. The molecule has 0 unspecified atom stereocenters. The smallest absolute Gasteiger partial charge is 0.293 e. The summed E-state index contributed by atoms with van der Waals surface area (Å²) in [5, 5.41) is 0.495. The van der Waals surface area contributed by atoms with E-state index in [4.69, 9.17) is 14.2 Å². The monoisotopic (exact) mass is 526 g/mol. The second-order valence-electron chi connectivity index (χ2n) is 8.72. The van der Waals surface area contributed by atoms with Gasteiger partial charge in [0.05, 0.1) is 18.0 Å². The van der Waals surface area contributed by atoms with Crippen molar-refractivity contribution in [3.8, 4) is 17.2 Å². The molecule has 2 amide bonds. The molecule has 1 fully saturated rings. The molecule has 0 radical (unpaired) electrons. The lowest BCUT2D eigenvalue weighted by Gasteiger charge is -2.11. The van der Waals surface area contributed by atoms with Crippen LogP contribution in [0.25, 0.3) is 17.0 Å². The third kappa shape index (κ3) is 4.64. The number of amides is 2. The molecule has 6 rings (SSSR count). The fraction of sp³-hybridized carbons (Fsp3) is 0.138. The SMILES string of the molecule is O=C(CN1C(=O)S/C(=C\c2cn(CCOc3ccc4c(c3)OCO4)c3ccccc23)C1=O)c1ccccc1. The van der Waals surface area contributed by atoms with Gasteiger partial charge in [-0.3, -0.25) is 19.3 Å². The number of para-hydroxylation sites is 1. The molecule has 0 spiro atoms. The molecule has 4 aromatic rings. The standard InChI is InChI=1S/C29H22N2O6S/c32-24(19-6-2-1-3-7-19)17-31-28(33)27(38-29(31)34)14-20-16-30(23-9-5-4-8-22(20)23)12-13-35-21-10-11-25-26(15-21)37-18-36-25/h1-11,14-16H,12-13,17-18H2/b27-14-. The first-order valence-electron chi connectivity index (χ1n) is 12.0. The topological polar surface area (TPSA) is 87.1 Å². The zero-order chi connectivity index (χ0) is 26.1. The number of benzene rings is 3. The van der Waals surface area contributed by atoms with E-state index < -0.39 is 11.1 Å². The van der Waals surface area contributed by atoms with Crippen molar-refractivity contribution in [1.82, 2.24) is 9.47 Å². The predicted molar refractivity (Wildman–Crippen MR) is 143 cm³/mol. The van der Waals surface area contributed by atoms with Gasteiger partial charge in [-0.15, -0.1) is 0 Å². The maximum absolute atomic E-state index is 13.1. The second-order valence-corrected chi connectivity index (χ2v) is 9.71. The first-order valence-corrected chi connectivity index (χ1v) is 12.8. The van der Waals surface area contributed by atoms with Crippen molar-refractivity contribution in [3.63, 3.8) is 0 Å². The molecule has 3 aromatic carbocycles. The van der Waals surface area contributed by atoms with E-state index in [-0.39, 0.29) is 24.0 Å². The van der Waals surface area contributed by atoms with Gasteiger partial charge < -0.3 is 18.8 Å². The fourth-order valence-electron chi connectivity index (χ4n) is 4.44. The van der Waals surface area contributed by atoms with Crippen LogP contribution in [0.1, 0.15) is 15.9 Å². The molecular formula is C29H22N2O6S. The fourth-order valence-corrected chi connectivity index (χ4v) is 5.27. The van der Waals surface area contributed by atoms with Gasteiger partial charge in [-0.25, -0.2) is 0 Å². The Morgan fingerprint density at radius 2 is 1.76 bits per heavy atom. The van der Waals surface area contributed by atoms with E-state index in [1.54, 1.807) is 42.5 Å². The molecule has 0 atom stereocenters. The van der Waals surface area contributed by atoms with Gasteiger partial charge >= 0.3 is 0 Å². The highest BCUT2D eigenvalue weighted by molar-refractivity contribution is 8.18. The van der Waals surface area contributed by atoms with Crippen molar-refractivity contribution in [2.75, 3.05) is 19.9 Å². The van der Waals surface area contributed by atoms with Gasteiger partial charge in [-0.05, 0) is 36.0 Å². The minimum Gasteiger partial charge on any atom is -0.492 e. The van der Waals surface area contributed by atoms with Gasteiger partial charge in [0.15, 0.2) is 17.3 Å². The lowest BCUT2D eigenvalue weighted by Crippen LogP contribution is -2.33. The van der Waals surface area contributed by atoms with Gasteiger partial charge in [0, 0.05) is 34.3 Å². The molecule has 0 aliphatic carbocycles. The largest absolute Gasteiger partial charge is 0.492 e. The second kappa shape index (κ2) is 10.1. The number of aromatic nitrogens is 1. The number of nitrogens with zero attached hydrogens (tertiary/aromatic N) is 2. The average molecular weight is 527 g/mol. The Bertz CT molecular complexity index is 1590. The molecular weight excluding hydrogens is 504 g/mol. The molecule has 3 heterocycles. The van der Waals surface area contributed by atoms with Crippen molar-refractivity contribution in [2.45, 2.75) is 6.54 Å². The number of hydrogen-bond donors (Lipinski definition) is 0. The first kappa shape index (κ1) is 23.9. The molecule has 0 N–H and O–H groups in total. The normalized spacial score (nSPS) is 15.6. The summed E-state index contributed by atoms with van der Waals surface area (Å²) in [6.45, 7) is 0.899. The number of hydrogen-bond acceptors (Lipinski definition) is 7. The molecule has 2 aliphatic heterocycles. The number of Topliss-reactive ketones (excluding diaryl/α,β-unsaturated/α-hetero) is 1. The summed E-state index contributed by atoms with van der Waals surface area (Å²) < 4.78 is 18.7. The lowest BCUT2D eigenvalue weighted by molar-refractivity contribution is -0.122. The van der Waals surface area contributed by atoms with Crippen LogP contribution in [0.4, 0.5) is 4.79 Å². The number of rotatable bonds is 8. The maximum Gasteiger partial charge on any atom is 0.293 e. The van der Waals surface area contributed by atoms with E-state index in [1.165, 1.54) is 0 Å². The molecule has 190 valence electrons. The number of ketones is 1. The van der Waals surface area contributed by atoms with Gasteiger partial charge in [-0.2, -0.15) is 0 Å². The zero-order valence-electron chi connectivity index (χ0n) is 20.2. The summed E-state index contributed by atoms with van der Waals surface area (Å²) in [5.74, 6) is 1.30. The van der Waals surface area contributed by atoms with Crippen LogP contribution in [0, 0.1) is 0 Å². The van der Waals surface area contributed by atoms with E-state index in [0.717, 1.165) is 33.1 Å². The van der Waals surface area contributed by atoms with Crippen LogP contribution in [0.5, 0.6) is 17.2 Å². The van der Waals surface area contributed by atoms with E-state index in [1.807, 2.05) is 42.6 Å². The Kier molecular flexibility index (Phi) is 6.35. The zero-order valence-corrected chi connectivity index (χ0v) is 21.0. The maximum atomic E-state index is 13.1. The Labute approximate surface area is 222 Å². The van der Waals surface area contributed by atoms with Gasteiger partial charge in [0.25, 0.3) is 11.1 Å². The molecule has 1 aromatic heterocycles. The van der Waals surface area contributed by atoms with Crippen LogP contribution in [0.15, 0.2) is 83.9 Å². The third-order valence-electron chi connectivity index (χ3n) is 6.32. The van der Waals surface area contributed by atoms with Crippen molar-refractivity contribution in [1.29, 1.82) is 0 Å². The molecule has 1 saturated heterocycles. The van der Waals surface area contributed by atoms with Crippen LogP contribution >= 0.6 is 11.8 Å². The number of carbonyl (C=O) groups is 3. The van der Waals surface area contributed by atoms with E-state index in [0.29, 0.717) is 36.0 Å². The van der Waals surface area contributed by atoms with Crippen molar-refractivity contribution < 1.29 is 28.6 Å². The summed E-state index contributed by atoms with van der Waals surface area (Å²) in [5.41, 5.74) is 2.25. The first-order chi connectivity index (χ1) is 18.6. The van der Waals surface area contributed by atoms with Crippen LogP contribution in [0.3, 0.4) is 0 Å². The Morgan fingerprint density at radius 1 is 0.974 bits per heavy atom.